The number of esters is 1. The van der Waals surface area contributed by atoms with Crippen molar-refractivity contribution < 1.29 is 43.1 Å². The summed E-state index contributed by atoms with van der Waals surface area (Å²) in [6, 6.07) is 0. The molecule has 1 N–H and O–H groups in total. The van der Waals surface area contributed by atoms with E-state index < -0.39 is 6.10 Å². The second kappa shape index (κ2) is 17.2. The molecular formula is C30H54O9. The molecule has 0 spiro atoms. The molecule has 3 aliphatic rings. The highest BCUT2D eigenvalue weighted by molar-refractivity contribution is 5.65. The van der Waals surface area contributed by atoms with Crippen molar-refractivity contribution in [2.24, 2.45) is 0 Å². The summed E-state index contributed by atoms with van der Waals surface area (Å²) in [5, 5.41) is 11.0. The van der Waals surface area contributed by atoms with Crippen molar-refractivity contribution in [2.45, 2.75) is 180 Å². The Bertz CT molecular complexity index is 691. The van der Waals surface area contributed by atoms with Gasteiger partial charge in [0.25, 0.3) is 0 Å². The molecule has 0 aliphatic carbocycles. The SMILES string of the molecule is CCCC1OC(C)CC(CC(O)CC2CC(CC3CC(CCOC(C)=O)OC(CCC)O3)OC(CCC)O2)O1. The van der Waals surface area contributed by atoms with E-state index in [2.05, 4.69) is 27.7 Å². The summed E-state index contributed by atoms with van der Waals surface area (Å²) in [5.74, 6) is -0.270. The van der Waals surface area contributed by atoms with Crippen LogP contribution in [0.2, 0.25) is 0 Å². The van der Waals surface area contributed by atoms with Gasteiger partial charge >= 0.3 is 5.97 Å². The summed E-state index contributed by atoms with van der Waals surface area (Å²) < 4.78 is 42.2. The number of hydrogen-bond donors (Lipinski definition) is 1. The Hall–Kier alpha value is -0.810. The second-order valence-electron chi connectivity index (χ2n) is 11.6. The molecular weight excluding hydrogens is 504 g/mol. The van der Waals surface area contributed by atoms with Crippen LogP contribution < -0.4 is 0 Å². The zero-order chi connectivity index (χ0) is 28.2. The minimum absolute atomic E-state index is 0.00111. The van der Waals surface area contributed by atoms with Crippen LogP contribution in [0.25, 0.3) is 0 Å². The summed E-state index contributed by atoms with van der Waals surface area (Å²) in [6.45, 7) is 10.2. The monoisotopic (exact) mass is 558 g/mol. The third-order valence-electron chi connectivity index (χ3n) is 7.67. The Morgan fingerprint density at radius 1 is 0.718 bits per heavy atom. The summed E-state index contributed by atoms with van der Waals surface area (Å²) in [6.07, 6.45) is 9.10. The van der Waals surface area contributed by atoms with Gasteiger partial charge in [0.15, 0.2) is 18.9 Å². The Morgan fingerprint density at radius 2 is 1.18 bits per heavy atom. The summed E-state index contributed by atoms with van der Waals surface area (Å²) in [4.78, 5) is 11.2. The van der Waals surface area contributed by atoms with Gasteiger partial charge in [0.05, 0.1) is 49.3 Å². The molecule has 9 heteroatoms. The maximum Gasteiger partial charge on any atom is 0.302 e. The van der Waals surface area contributed by atoms with Gasteiger partial charge in [-0.2, -0.15) is 0 Å². The first-order chi connectivity index (χ1) is 18.8. The molecule has 0 aromatic heterocycles. The molecule has 0 radical (unpaired) electrons. The molecule has 3 fully saturated rings. The van der Waals surface area contributed by atoms with E-state index in [4.69, 9.17) is 33.2 Å². The van der Waals surface area contributed by atoms with Crippen LogP contribution in [0.5, 0.6) is 0 Å². The first kappa shape index (κ1) is 32.7. The zero-order valence-corrected chi connectivity index (χ0v) is 24.9. The molecule has 0 aromatic rings. The normalized spacial score (nSPS) is 36.4. The standard InChI is InChI=1S/C30H54O9/c1-6-9-28-34-20(4)14-24(36-28)15-22(32)16-25-18-27(39-30(37-25)11-8-3)19-26-17-23(12-13-33-21(5)31)35-29(38-26)10-7-2/h20,22-30,32H,6-19H2,1-5H3. The first-order valence-corrected chi connectivity index (χ1v) is 15.5. The molecule has 0 bridgehead atoms. The van der Waals surface area contributed by atoms with Gasteiger partial charge in [-0.1, -0.05) is 40.0 Å². The minimum Gasteiger partial charge on any atom is -0.466 e. The van der Waals surface area contributed by atoms with Crippen LogP contribution in [0.4, 0.5) is 0 Å². The van der Waals surface area contributed by atoms with Crippen molar-refractivity contribution in [3.8, 4) is 0 Å². The third kappa shape index (κ3) is 11.9. The van der Waals surface area contributed by atoms with E-state index in [0.29, 0.717) is 25.9 Å². The number of aliphatic hydroxyl groups excluding tert-OH is 1. The lowest BCUT2D eigenvalue weighted by atomic mass is 9.94. The largest absolute Gasteiger partial charge is 0.466 e. The highest BCUT2D eigenvalue weighted by Gasteiger charge is 2.37. The van der Waals surface area contributed by atoms with Gasteiger partial charge in [0, 0.05) is 32.6 Å². The topological polar surface area (TPSA) is 102 Å². The van der Waals surface area contributed by atoms with Crippen molar-refractivity contribution in [1.29, 1.82) is 0 Å². The van der Waals surface area contributed by atoms with Crippen molar-refractivity contribution in [3.63, 3.8) is 0 Å². The zero-order valence-electron chi connectivity index (χ0n) is 24.9. The van der Waals surface area contributed by atoms with E-state index in [1.54, 1.807) is 0 Å². The first-order valence-electron chi connectivity index (χ1n) is 15.5. The Balaban J connectivity index is 1.54. The molecule has 3 rings (SSSR count). The average molecular weight is 559 g/mol. The Labute approximate surface area is 235 Å². The number of aliphatic hydroxyl groups is 1. The number of hydrogen-bond acceptors (Lipinski definition) is 9. The van der Waals surface area contributed by atoms with E-state index in [-0.39, 0.29) is 61.5 Å². The van der Waals surface area contributed by atoms with Crippen LogP contribution in [0.1, 0.15) is 118 Å². The Morgan fingerprint density at radius 3 is 1.72 bits per heavy atom. The molecule has 39 heavy (non-hydrogen) atoms. The average Bonchev–Trinajstić information content (AvgIpc) is 2.84. The lowest BCUT2D eigenvalue weighted by molar-refractivity contribution is -0.277. The number of carbonyl (C=O) groups is 1. The van der Waals surface area contributed by atoms with Gasteiger partial charge in [-0.3, -0.25) is 4.79 Å². The van der Waals surface area contributed by atoms with Crippen LogP contribution in [-0.2, 0) is 38.0 Å². The third-order valence-corrected chi connectivity index (χ3v) is 7.67. The minimum atomic E-state index is -0.507. The van der Waals surface area contributed by atoms with E-state index in [1.807, 2.05) is 0 Å². The van der Waals surface area contributed by atoms with Crippen LogP contribution in [0.15, 0.2) is 0 Å². The van der Waals surface area contributed by atoms with E-state index >= 15 is 0 Å². The van der Waals surface area contributed by atoms with Gasteiger partial charge in [0.2, 0.25) is 0 Å². The highest BCUT2D eigenvalue weighted by Crippen LogP contribution is 2.33. The molecule has 3 heterocycles. The van der Waals surface area contributed by atoms with Gasteiger partial charge in [0.1, 0.15) is 0 Å². The molecule has 0 aromatic carbocycles. The van der Waals surface area contributed by atoms with E-state index in [1.165, 1.54) is 6.92 Å². The predicted molar refractivity (Wildman–Crippen MR) is 146 cm³/mol. The van der Waals surface area contributed by atoms with Crippen LogP contribution in [0.3, 0.4) is 0 Å². The molecule has 9 nitrogen and oxygen atoms in total. The molecule has 3 saturated heterocycles. The molecule has 10 unspecified atom stereocenters. The summed E-state index contributed by atoms with van der Waals surface area (Å²) in [5.41, 5.74) is 0. The van der Waals surface area contributed by atoms with Crippen molar-refractivity contribution in [3.05, 3.63) is 0 Å². The van der Waals surface area contributed by atoms with E-state index in [9.17, 15) is 9.90 Å². The smallest absolute Gasteiger partial charge is 0.302 e. The van der Waals surface area contributed by atoms with E-state index in [0.717, 1.165) is 64.2 Å². The summed E-state index contributed by atoms with van der Waals surface area (Å²) in [7, 11) is 0. The van der Waals surface area contributed by atoms with Gasteiger partial charge < -0.3 is 38.3 Å². The summed E-state index contributed by atoms with van der Waals surface area (Å²) >= 11 is 0. The van der Waals surface area contributed by atoms with Gasteiger partial charge in [-0.15, -0.1) is 0 Å². The molecule has 10 atom stereocenters. The molecule has 228 valence electrons. The fourth-order valence-electron chi connectivity index (χ4n) is 5.96. The second-order valence-corrected chi connectivity index (χ2v) is 11.6. The molecule has 0 amide bonds. The van der Waals surface area contributed by atoms with Crippen molar-refractivity contribution in [1.82, 2.24) is 0 Å². The fourth-order valence-corrected chi connectivity index (χ4v) is 5.96. The maximum absolute atomic E-state index is 11.2. The van der Waals surface area contributed by atoms with Gasteiger partial charge in [-0.25, -0.2) is 0 Å². The van der Waals surface area contributed by atoms with Crippen LogP contribution in [0, 0.1) is 0 Å². The lowest BCUT2D eigenvalue weighted by Gasteiger charge is -2.41. The van der Waals surface area contributed by atoms with Gasteiger partial charge in [-0.05, 0) is 45.4 Å². The quantitative estimate of drug-likeness (QED) is 0.265. The lowest BCUT2D eigenvalue weighted by Crippen LogP contribution is -2.45. The number of rotatable bonds is 15. The highest BCUT2D eigenvalue weighted by atomic mass is 16.7. The van der Waals surface area contributed by atoms with Crippen LogP contribution >= 0.6 is 0 Å². The van der Waals surface area contributed by atoms with Crippen molar-refractivity contribution >= 4 is 5.97 Å². The number of carbonyl (C=O) groups excluding carboxylic acids is 1. The predicted octanol–water partition coefficient (Wildman–Crippen LogP) is 5.39. The Kier molecular flexibility index (Phi) is 14.4. The fraction of sp³-hybridized carbons (Fsp3) is 0.967. The van der Waals surface area contributed by atoms with Crippen LogP contribution in [-0.4, -0.2) is 79.3 Å². The van der Waals surface area contributed by atoms with Crippen molar-refractivity contribution in [2.75, 3.05) is 6.61 Å². The molecule has 3 aliphatic heterocycles. The molecule has 0 saturated carbocycles. The number of ether oxygens (including phenoxy) is 7. The maximum atomic E-state index is 11.2.